The second-order valence-corrected chi connectivity index (χ2v) is 6.00. The number of aliphatic hydroxyl groups is 1. The van der Waals surface area contributed by atoms with E-state index in [-0.39, 0.29) is 13.2 Å². The largest absolute Gasteiger partial charge is 0.503 e. The summed E-state index contributed by atoms with van der Waals surface area (Å²) in [6.45, 7) is 2.02. The molecule has 0 saturated heterocycles. The summed E-state index contributed by atoms with van der Waals surface area (Å²) in [5.41, 5.74) is 1.82. The molecule has 0 aromatic heterocycles. The van der Waals surface area contributed by atoms with Gasteiger partial charge in [-0.1, -0.05) is 30.3 Å². The van der Waals surface area contributed by atoms with Gasteiger partial charge >= 0.3 is 5.97 Å². The zero-order valence-electron chi connectivity index (χ0n) is 16.7. The summed E-state index contributed by atoms with van der Waals surface area (Å²) in [5, 5.41) is 11.8. The fraction of sp³-hybridized carbons (Fsp3) is 0.318. The Bertz CT molecular complexity index is 805. The molecule has 0 radical (unpaired) electrons. The van der Waals surface area contributed by atoms with E-state index in [0.717, 1.165) is 5.56 Å². The van der Waals surface area contributed by atoms with E-state index in [1.165, 1.54) is 20.5 Å². The highest BCUT2D eigenvalue weighted by molar-refractivity contribution is 6.16. The molecular weight excluding hydrogens is 374 g/mol. The molecule has 0 atom stereocenters. The van der Waals surface area contributed by atoms with Gasteiger partial charge in [-0.3, -0.25) is 0 Å². The summed E-state index contributed by atoms with van der Waals surface area (Å²) in [6.07, 6.45) is 1.37. The van der Waals surface area contributed by atoms with Gasteiger partial charge in [0.2, 0.25) is 0 Å². The van der Waals surface area contributed by atoms with Crippen LogP contribution in [-0.4, -0.2) is 51.6 Å². The number of esters is 1. The maximum atomic E-state index is 12.1. The van der Waals surface area contributed by atoms with Crippen molar-refractivity contribution in [2.75, 3.05) is 40.5 Å². The zero-order chi connectivity index (χ0) is 20.9. The van der Waals surface area contributed by atoms with Crippen molar-refractivity contribution >= 4 is 11.5 Å². The summed E-state index contributed by atoms with van der Waals surface area (Å²) in [5.74, 6) is 0.858. The van der Waals surface area contributed by atoms with E-state index in [1.54, 1.807) is 6.07 Å². The van der Waals surface area contributed by atoms with Crippen LogP contribution >= 0.6 is 0 Å². The molecule has 0 spiro atoms. The van der Waals surface area contributed by atoms with Crippen LogP contribution in [0.2, 0.25) is 0 Å². The third kappa shape index (κ3) is 7.14. The number of benzene rings is 2. The number of carbonyl (C=O) groups excluding carboxylic acids is 1. The number of methoxy groups -OCH3 is 2. The number of hydrogen-bond donors (Lipinski definition) is 2. The SMILES string of the molecule is CO/C=C(\C(=O)OC)c1ccccc1COc1cccc(OCCNCCO)c1. The van der Waals surface area contributed by atoms with Gasteiger partial charge in [0.05, 0.1) is 27.1 Å². The van der Waals surface area contributed by atoms with E-state index in [1.807, 2.05) is 42.5 Å². The van der Waals surface area contributed by atoms with Crippen LogP contribution in [0, 0.1) is 0 Å². The second kappa shape index (κ2) is 12.4. The molecule has 2 rings (SSSR count). The lowest BCUT2D eigenvalue weighted by Crippen LogP contribution is -2.23. The molecule has 0 amide bonds. The monoisotopic (exact) mass is 401 g/mol. The molecular formula is C22H27NO6. The number of nitrogens with one attached hydrogen (secondary N) is 1. The summed E-state index contributed by atoms with van der Waals surface area (Å²) < 4.78 is 21.5. The molecule has 0 aliphatic carbocycles. The third-order valence-corrected chi connectivity index (χ3v) is 3.98. The van der Waals surface area contributed by atoms with Crippen molar-refractivity contribution in [1.29, 1.82) is 0 Å². The van der Waals surface area contributed by atoms with Crippen LogP contribution in [0.5, 0.6) is 11.5 Å². The molecule has 0 aliphatic heterocycles. The van der Waals surface area contributed by atoms with Crippen LogP contribution in [0.15, 0.2) is 54.8 Å². The van der Waals surface area contributed by atoms with Gasteiger partial charge in [0.15, 0.2) is 0 Å². The quantitative estimate of drug-likeness (QED) is 0.244. The first-order valence-corrected chi connectivity index (χ1v) is 9.26. The summed E-state index contributed by atoms with van der Waals surface area (Å²) in [6, 6.07) is 14.8. The van der Waals surface area contributed by atoms with Crippen molar-refractivity contribution in [3.63, 3.8) is 0 Å². The number of carbonyl (C=O) groups is 1. The Morgan fingerprint density at radius 2 is 1.79 bits per heavy atom. The molecule has 29 heavy (non-hydrogen) atoms. The molecule has 7 heteroatoms. The maximum absolute atomic E-state index is 12.1. The maximum Gasteiger partial charge on any atom is 0.341 e. The van der Waals surface area contributed by atoms with Crippen LogP contribution < -0.4 is 14.8 Å². The fourth-order valence-corrected chi connectivity index (χ4v) is 2.62. The molecule has 0 unspecified atom stereocenters. The molecule has 156 valence electrons. The Hall–Kier alpha value is -3.03. The minimum absolute atomic E-state index is 0.0993. The lowest BCUT2D eigenvalue weighted by atomic mass is 10.0. The van der Waals surface area contributed by atoms with Crippen molar-refractivity contribution in [2.24, 2.45) is 0 Å². The predicted molar refractivity (Wildman–Crippen MR) is 110 cm³/mol. The van der Waals surface area contributed by atoms with Crippen molar-refractivity contribution in [2.45, 2.75) is 6.61 Å². The number of hydrogen-bond acceptors (Lipinski definition) is 7. The number of ether oxygens (including phenoxy) is 4. The van der Waals surface area contributed by atoms with E-state index in [9.17, 15) is 4.79 Å². The van der Waals surface area contributed by atoms with E-state index in [2.05, 4.69) is 5.32 Å². The first-order chi connectivity index (χ1) is 14.2. The van der Waals surface area contributed by atoms with Gasteiger partial charge in [-0.05, 0) is 23.3 Å². The molecule has 0 aliphatic rings. The average Bonchev–Trinajstić information content (AvgIpc) is 2.76. The van der Waals surface area contributed by atoms with Gasteiger partial charge in [0.1, 0.15) is 30.3 Å². The van der Waals surface area contributed by atoms with Gasteiger partial charge in [0.25, 0.3) is 0 Å². The van der Waals surface area contributed by atoms with Crippen LogP contribution in [0.3, 0.4) is 0 Å². The first-order valence-electron chi connectivity index (χ1n) is 9.26. The highest BCUT2D eigenvalue weighted by atomic mass is 16.5. The minimum Gasteiger partial charge on any atom is -0.503 e. The van der Waals surface area contributed by atoms with Crippen LogP contribution in [0.4, 0.5) is 0 Å². The second-order valence-electron chi connectivity index (χ2n) is 6.00. The normalized spacial score (nSPS) is 11.1. The lowest BCUT2D eigenvalue weighted by molar-refractivity contribution is -0.133. The van der Waals surface area contributed by atoms with Gasteiger partial charge in [-0.15, -0.1) is 0 Å². The van der Waals surface area contributed by atoms with Crippen LogP contribution in [-0.2, 0) is 20.9 Å². The molecule has 7 nitrogen and oxygen atoms in total. The van der Waals surface area contributed by atoms with E-state index in [4.69, 9.17) is 24.1 Å². The van der Waals surface area contributed by atoms with E-state index in [0.29, 0.717) is 42.3 Å². The van der Waals surface area contributed by atoms with E-state index >= 15 is 0 Å². The van der Waals surface area contributed by atoms with Crippen molar-refractivity contribution in [3.8, 4) is 11.5 Å². The van der Waals surface area contributed by atoms with Gasteiger partial charge in [-0.2, -0.15) is 0 Å². The summed E-state index contributed by atoms with van der Waals surface area (Å²) in [7, 11) is 2.81. The highest BCUT2D eigenvalue weighted by Crippen LogP contribution is 2.24. The smallest absolute Gasteiger partial charge is 0.341 e. The number of rotatable bonds is 12. The molecule has 2 aromatic carbocycles. The fourth-order valence-electron chi connectivity index (χ4n) is 2.62. The lowest BCUT2D eigenvalue weighted by Gasteiger charge is -2.13. The standard InChI is InChI=1S/C22H27NO6/c1-26-16-21(22(25)27-2)20-9-4-3-6-17(20)15-29-19-8-5-7-18(14-19)28-13-11-23-10-12-24/h3-9,14,16,23-24H,10-13,15H2,1-2H3/b21-16-. The Labute approximate surface area is 170 Å². The van der Waals surface area contributed by atoms with E-state index < -0.39 is 5.97 Å². The van der Waals surface area contributed by atoms with Gasteiger partial charge < -0.3 is 29.4 Å². The number of aliphatic hydroxyl groups excluding tert-OH is 1. The third-order valence-electron chi connectivity index (χ3n) is 3.98. The highest BCUT2D eigenvalue weighted by Gasteiger charge is 2.16. The van der Waals surface area contributed by atoms with Crippen LogP contribution in [0.1, 0.15) is 11.1 Å². The van der Waals surface area contributed by atoms with Gasteiger partial charge in [-0.25, -0.2) is 4.79 Å². The molecule has 2 N–H and O–H groups in total. The Morgan fingerprint density at radius 1 is 1.03 bits per heavy atom. The van der Waals surface area contributed by atoms with Crippen molar-refractivity contribution in [3.05, 3.63) is 65.9 Å². The summed E-state index contributed by atoms with van der Waals surface area (Å²) in [4.78, 5) is 12.1. The van der Waals surface area contributed by atoms with Crippen LogP contribution in [0.25, 0.3) is 5.57 Å². The first kappa shape index (κ1) is 22.3. The minimum atomic E-state index is -0.482. The zero-order valence-corrected chi connectivity index (χ0v) is 16.7. The van der Waals surface area contributed by atoms with Gasteiger partial charge in [0, 0.05) is 19.2 Å². The summed E-state index contributed by atoms with van der Waals surface area (Å²) >= 11 is 0. The molecule has 0 saturated carbocycles. The topological polar surface area (TPSA) is 86.3 Å². The van der Waals surface area contributed by atoms with Crippen molar-refractivity contribution in [1.82, 2.24) is 5.32 Å². The molecule has 0 bridgehead atoms. The molecule has 0 fully saturated rings. The Kier molecular flexibility index (Phi) is 9.54. The predicted octanol–water partition coefficient (Wildman–Crippen LogP) is 2.39. The molecule has 2 aromatic rings. The average molecular weight is 401 g/mol. The Morgan fingerprint density at radius 3 is 2.52 bits per heavy atom. The molecule has 0 heterocycles. The van der Waals surface area contributed by atoms with Crippen molar-refractivity contribution < 1.29 is 28.8 Å². The Balaban J connectivity index is 2.04.